The van der Waals surface area contributed by atoms with Crippen LogP contribution >= 0.6 is 0 Å². The van der Waals surface area contributed by atoms with Crippen molar-refractivity contribution >= 4 is 29.4 Å². The third kappa shape index (κ3) is 6.40. The number of anilines is 1. The van der Waals surface area contributed by atoms with E-state index < -0.39 is 41.9 Å². The van der Waals surface area contributed by atoms with Crippen LogP contribution < -0.4 is 10.6 Å². The summed E-state index contributed by atoms with van der Waals surface area (Å²) in [4.78, 5) is 50.6. The summed E-state index contributed by atoms with van der Waals surface area (Å²) in [6.07, 6.45) is 2.53. The summed E-state index contributed by atoms with van der Waals surface area (Å²) in [6.45, 7) is -0.0775. The zero-order valence-electron chi connectivity index (χ0n) is 18.9. The second-order valence-corrected chi connectivity index (χ2v) is 8.68. The van der Waals surface area contributed by atoms with E-state index in [9.17, 15) is 28.0 Å². The zero-order valence-corrected chi connectivity index (χ0v) is 18.9. The molecule has 1 aliphatic carbocycles. The maximum Gasteiger partial charge on any atom is 0.309 e. The second-order valence-electron chi connectivity index (χ2n) is 8.68. The lowest BCUT2D eigenvalue weighted by atomic mass is 9.96. The predicted molar refractivity (Wildman–Crippen MR) is 122 cm³/mol. The van der Waals surface area contributed by atoms with E-state index in [2.05, 4.69) is 10.6 Å². The van der Waals surface area contributed by atoms with Gasteiger partial charge in [-0.25, -0.2) is 8.78 Å². The number of esters is 1. The van der Waals surface area contributed by atoms with Crippen molar-refractivity contribution in [3.8, 4) is 0 Å². The number of carbonyl (C=O) groups is 4. The van der Waals surface area contributed by atoms with Crippen LogP contribution in [-0.2, 0) is 14.3 Å². The van der Waals surface area contributed by atoms with E-state index in [4.69, 9.17) is 4.74 Å². The van der Waals surface area contributed by atoms with Gasteiger partial charge in [0.05, 0.1) is 11.5 Å². The van der Waals surface area contributed by atoms with Gasteiger partial charge >= 0.3 is 5.97 Å². The minimum Gasteiger partial charge on any atom is -0.455 e. The molecule has 2 aromatic rings. The molecule has 1 saturated carbocycles. The highest BCUT2D eigenvalue weighted by molar-refractivity contribution is 5.98. The van der Waals surface area contributed by atoms with Crippen molar-refractivity contribution in [3.05, 3.63) is 65.2 Å². The highest BCUT2D eigenvalue weighted by Crippen LogP contribution is 2.22. The predicted octanol–water partition coefficient (Wildman–Crippen LogP) is 2.89. The van der Waals surface area contributed by atoms with E-state index in [1.165, 1.54) is 4.90 Å². The summed E-state index contributed by atoms with van der Waals surface area (Å²) in [5.41, 5.74) is 0.612. The van der Waals surface area contributed by atoms with E-state index in [1.54, 1.807) is 24.3 Å². The van der Waals surface area contributed by atoms with Gasteiger partial charge in [0.15, 0.2) is 6.61 Å². The van der Waals surface area contributed by atoms with Gasteiger partial charge in [0.2, 0.25) is 0 Å². The van der Waals surface area contributed by atoms with Crippen LogP contribution in [0.4, 0.5) is 14.5 Å². The van der Waals surface area contributed by atoms with Gasteiger partial charge in [-0.1, -0.05) is 6.07 Å². The summed E-state index contributed by atoms with van der Waals surface area (Å²) in [6, 6.07) is 9.46. The van der Waals surface area contributed by atoms with Gasteiger partial charge in [-0.15, -0.1) is 0 Å². The molecular formula is C25H25F2N3O5. The second kappa shape index (κ2) is 10.6. The number of nitrogens with one attached hydrogen (secondary N) is 2. The minimum atomic E-state index is -0.934. The fourth-order valence-corrected chi connectivity index (χ4v) is 3.84. The van der Waals surface area contributed by atoms with Crippen LogP contribution in [0.1, 0.15) is 46.4 Å². The Bertz CT molecular complexity index is 1140. The average molecular weight is 485 g/mol. The van der Waals surface area contributed by atoms with E-state index >= 15 is 0 Å². The average Bonchev–Trinajstić information content (AvgIpc) is 3.66. The van der Waals surface area contributed by atoms with Crippen LogP contribution in [0.2, 0.25) is 0 Å². The monoisotopic (exact) mass is 485 g/mol. The number of likely N-dealkylation sites (tertiary alicyclic amines) is 1. The molecular weight excluding hydrogens is 460 g/mol. The van der Waals surface area contributed by atoms with Crippen molar-refractivity contribution in [2.75, 3.05) is 25.0 Å². The molecule has 10 heteroatoms. The molecule has 184 valence electrons. The van der Waals surface area contributed by atoms with Crippen molar-refractivity contribution < 1.29 is 32.7 Å². The lowest BCUT2D eigenvalue weighted by molar-refractivity contribution is -0.152. The number of benzene rings is 2. The molecule has 1 aliphatic heterocycles. The summed E-state index contributed by atoms with van der Waals surface area (Å²) >= 11 is 0. The number of hydrogen-bond acceptors (Lipinski definition) is 5. The Kier molecular flexibility index (Phi) is 7.38. The first-order valence-electron chi connectivity index (χ1n) is 11.4. The maximum absolute atomic E-state index is 13.9. The molecule has 0 aromatic heterocycles. The van der Waals surface area contributed by atoms with Gasteiger partial charge in [0.25, 0.3) is 17.7 Å². The molecule has 4 rings (SSSR count). The first-order valence-corrected chi connectivity index (χ1v) is 11.4. The largest absolute Gasteiger partial charge is 0.455 e. The Morgan fingerprint density at radius 1 is 0.971 bits per heavy atom. The molecule has 3 amide bonds. The van der Waals surface area contributed by atoms with Crippen molar-refractivity contribution in [1.82, 2.24) is 10.2 Å². The molecule has 2 aromatic carbocycles. The Hall–Kier alpha value is -3.82. The third-order valence-corrected chi connectivity index (χ3v) is 5.94. The number of rotatable bonds is 7. The van der Waals surface area contributed by atoms with Crippen LogP contribution in [0.5, 0.6) is 0 Å². The van der Waals surface area contributed by atoms with E-state index in [1.807, 2.05) is 0 Å². The fourth-order valence-electron chi connectivity index (χ4n) is 3.84. The molecule has 0 unspecified atom stereocenters. The molecule has 0 spiro atoms. The molecule has 0 atom stereocenters. The van der Waals surface area contributed by atoms with Crippen LogP contribution in [0, 0.1) is 17.6 Å². The van der Waals surface area contributed by atoms with Gasteiger partial charge in [0, 0.05) is 36.4 Å². The minimum absolute atomic E-state index is 0.206. The highest BCUT2D eigenvalue weighted by atomic mass is 19.1. The number of amides is 3. The standard InChI is InChI=1S/C25H25F2N3O5/c26-17-4-7-20(21(27)13-17)24(33)30-10-8-15(9-11-30)25(34)35-14-22(31)28-19-3-1-2-16(12-19)23(32)29-18-5-6-18/h1-4,7,12-13,15,18H,5-6,8-11,14H2,(H,28,31)(H,29,32). The van der Waals surface area contributed by atoms with Gasteiger partial charge in [-0.3, -0.25) is 19.2 Å². The number of ether oxygens (including phenoxy) is 1. The summed E-state index contributed by atoms with van der Waals surface area (Å²) in [5, 5.41) is 5.47. The molecule has 2 aliphatic rings. The summed E-state index contributed by atoms with van der Waals surface area (Å²) in [7, 11) is 0. The Balaban J connectivity index is 1.22. The van der Waals surface area contributed by atoms with Crippen molar-refractivity contribution in [2.45, 2.75) is 31.7 Å². The van der Waals surface area contributed by atoms with Crippen LogP contribution in [-0.4, -0.2) is 54.3 Å². The molecule has 2 N–H and O–H groups in total. The van der Waals surface area contributed by atoms with Crippen molar-refractivity contribution in [1.29, 1.82) is 0 Å². The molecule has 1 heterocycles. The Morgan fingerprint density at radius 3 is 2.40 bits per heavy atom. The molecule has 0 radical (unpaired) electrons. The van der Waals surface area contributed by atoms with Gasteiger partial charge in [-0.05, 0) is 56.0 Å². The fraction of sp³-hybridized carbons (Fsp3) is 0.360. The topological polar surface area (TPSA) is 105 Å². The number of halogens is 2. The third-order valence-electron chi connectivity index (χ3n) is 5.94. The molecule has 0 bridgehead atoms. The van der Waals surface area contributed by atoms with Crippen LogP contribution in [0.3, 0.4) is 0 Å². The SMILES string of the molecule is O=C(COC(=O)C1CCN(C(=O)c2ccc(F)cc2F)CC1)Nc1cccc(C(=O)NC2CC2)c1. The van der Waals surface area contributed by atoms with E-state index in [0.29, 0.717) is 30.2 Å². The molecule has 8 nitrogen and oxygen atoms in total. The molecule has 35 heavy (non-hydrogen) atoms. The first kappa shape index (κ1) is 24.3. The molecule has 2 fully saturated rings. The van der Waals surface area contributed by atoms with Crippen molar-refractivity contribution in [2.24, 2.45) is 5.92 Å². The Morgan fingerprint density at radius 2 is 1.71 bits per heavy atom. The number of hydrogen-bond donors (Lipinski definition) is 2. The normalized spacial score (nSPS) is 15.9. The lowest BCUT2D eigenvalue weighted by Gasteiger charge is -2.31. The summed E-state index contributed by atoms with van der Waals surface area (Å²) < 4.78 is 32.1. The van der Waals surface area contributed by atoms with Crippen molar-refractivity contribution in [3.63, 3.8) is 0 Å². The van der Waals surface area contributed by atoms with Crippen LogP contribution in [0.25, 0.3) is 0 Å². The van der Waals surface area contributed by atoms with Gasteiger partial charge < -0.3 is 20.3 Å². The van der Waals surface area contributed by atoms with Gasteiger partial charge in [-0.2, -0.15) is 0 Å². The van der Waals surface area contributed by atoms with Gasteiger partial charge in [0.1, 0.15) is 11.6 Å². The summed E-state index contributed by atoms with van der Waals surface area (Å²) in [5.74, 6) is -4.08. The quantitative estimate of drug-likeness (QED) is 0.587. The highest BCUT2D eigenvalue weighted by Gasteiger charge is 2.30. The Labute approximate surface area is 200 Å². The van der Waals surface area contributed by atoms with E-state index in [-0.39, 0.29) is 30.6 Å². The van der Waals surface area contributed by atoms with Crippen LogP contribution in [0.15, 0.2) is 42.5 Å². The maximum atomic E-state index is 13.9. The van der Waals surface area contributed by atoms with E-state index in [0.717, 1.165) is 25.0 Å². The lowest BCUT2D eigenvalue weighted by Crippen LogP contribution is -2.41. The number of nitrogens with zero attached hydrogens (tertiary/aromatic N) is 1. The zero-order chi connectivity index (χ0) is 24.9. The number of piperidine rings is 1. The molecule has 1 saturated heterocycles. The first-order chi connectivity index (χ1) is 16.8. The number of carbonyl (C=O) groups excluding carboxylic acids is 4. The smallest absolute Gasteiger partial charge is 0.309 e.